The van der Waals surface area contributed by atoms with Gasteiger partial charge in [0.25, 0.3) is 5.91 Å². The summed E-state index contributed by atoms with van der Waals surface area (Å²) in [5.74, 6) is -1.40. The number of halogens is 2. The molecule has 18 heavy (non-hydrogen) atoms. The number of carbonyl (C=O) groups excluding carboxylic acids is 2. The van der Waals surface area contributed by atoms with Gasteiger partial charge in [-0.3, -0.25) is 9.59 Å². The molecule has 0 aliphatic carbocycles. The van der Waals surface area contributed by atoms with Crippen molar-refractivity contribution in [3.05, 3.63) is 29.0 Å². The fourth-order valence-electron chi connectivity index (χ4n) is 1.43. The molecular weight excluding hydrogens is 261 g/mol. The first-order valence-corrected chi connectivity index (χ1v) is 5.56. The molecule has 0 fully saturated rings. The largest absolute Gasteiger partial charge is 0.318 e. The maximum absolute atomic E-state index is 13.4. The SMILES string of the molecule is O=C1CCC(C(=O)Nc2cc(Cl)ccc2F)=NN1. The van der Waals surface area contributed by atoms with Crippen LogP contribution in [0.4, 0.5) is 10.1 Å². The number of nitrogens with zero attached hydrogens (tertiary/aromatic N) is 1. The van der Waals surface area contributed by atoms with Gasteiger partial charge in [-0.25, -0.2) is 9.82 Å². The minimum absolute atomic E-state index is 0.0212. The Morgan fingerprint density at radius 1 is 1.44 bits per heavy atom. The summed E-state index contributed by atoms with van der Waals surface area (Å²) in [6.45, 7) is 0. The van der Waals surface area contributed by atoms with E-state index in [1.807, 2.05) is 0 Å². The first-order valence-electron chi connectivity index (χ1n) is 5.18. The molecule has 0 atom stereocenters. The van der Waals surface area contributed by atoms with E-state index in [0.717, 1.165) is 6.07 Å². The minimum atomic E-state index is -0.590. The number of carbonyl (C=O) groups is 2. The number of benzene rings is 1. The van der Waals surface area contributed by atoms with Crippen molar-refractivity contribution >= 4 is 34.8 Å². The Morgan fingerprint density at radius 2 is 2.22 bits per heavy atom. The van der Waals surface area contributed by atoms with Crippen LogP contribution in [-0.2, 0) is 9.59 Å². The molecule has 1 aromatic carbocycles. The second-order valence-electron chi connectivity index (χ2n) is 3.67. The van der Waals surface area contributed by atoms with Crippen molar-refractivity contribution in [1.82, 2.24) is 5.43 Å². The van der Waals surface area contributed by atoms with E-state index >= 15 is 0 Å². The zero-order valence-electron chi connectivity index (χ0n) is 9.17. The van der Waals surface area contributed by atoms with Gasteiger partial charge in [-0.2, -0.15) is 5.10 Å². The van der Waals surface area contributed by atoms with Crippen LogP contribution in [0.5, 0.6) is 0 Å². The summed E-state index contributed by atoms with van der Waals surface area (Å²) < 4.78 is 13.4. The molecule has 0 unspecified atom stereocenters. The average molecular weight is 270 g/mol. The third-order valence-electron chi connectivity index (χ3n) is 2.34. The highest BCUT2D eigenvalue weighted by Crippen LogP contribution is 2.19. The lowest BCUT2D eigenvalue weighted by Gasteiger charge is -2.12. The normalized spacial score (nSPS) is 14.8. The van der Waals surface area contributed by atoms with Crippen LogP contribution in [0.3, 0.4) is 0 Å². The summed E-state index contributed by atoms with van der Waals surface area (Å²) in [5.41, 5.74) is 2.32. The Balaban J connectivity index is 2.12. The number of nitrogens with one attached hydrogen (secondary N) is 2. The predicted octanol–water partition coefficient (Wildman–Crippen LogP) is 1.68. The van der Waals surface area contributed by atoms with Crippen molar-refractivity contribution in [2.24, 2.45) is 5.10 Å². The highest BCUT2D eigenvalue weighted by molar-refractivity contribution is 6.43. The Kier molecular flexibility index (Phi) is 3.57. The summed E-state index contributed by atoms with van der Waals surface area (Å²) in [4.78, 5) is 22.6. The van der Waals surface area contributed by atoms with Gasteiger partial charge >= 0.3 is 0 Å². The monoisotopic (exact) mass is 269 g/mol. The standard InChI is InChI=1S/C11H9ClFN3O2/c12-6-1-2-7(13)9(5-6)14-11(18)8-3-4-10(17)16-15-8/h1-2,5H,3-4H2,(H,14,18)(H,16,17). The fraction of sp³-hybridized carbons (Fsp3) is 0.182. The van der Waals surface area contributed by atoms with Gasteiger partial charge in [0.05, 0.1) is 5.69 Å². The summed E-state index contributed by atoms with van der Waals surface area (Å²) in [5, 5.41) is 6.27. The minimum Gasteiger partial charge on any atom is -0.318 e. The van der Waals surface area contributed by atoms with E-state index in [1.165, 1.54) is 12.1 Å². The molecule has 0 saturated heterocycles. The topological polar surface area (TPSA) is 70.6 Å². The van der Waals surface area contributed by atoms with E-state index in [9.17, 15) is 14.0 Å². The summed E-state index contributed by atoms with van der Waals surface area (Å²) >= 11 is 5.70. The van der Waals surface area contributed by atoms with Gasteiger partial charge in [0.1, 0.15) is 11.5 Å². The number of rotatable bonds is 2. The van der Waals surface area contributed by atoms with E-state index in [4.69, 9.17) is 11.6 Å². The van der Waals surface area contributed by atoms with Crippen LogP contribution >= 0.6 is 11.6 Å². The molecule has 1 aliphatic heterocycles. The van der Waals surface area contributed by atoms with Crippen LogP contribution in [-0.4, -0.2) is 17.5 Å². The maximum atomic E-state index is 13.4. The number of amides is 2. The zero-order valence-corrected chi connectivity index (χ0v) is 9.92. The van der Waals surface area contributed by atoms with Crippen molar-refractivity contribution in [2.45, 2.75) is 12.8 Å². The lowest BCUT2D eigenvalue weighted by molar-refractivity contribution is -0.121. The molecule has 7 heteroatoms. The van der Waals surface area contributed by atoms with Crippen molar-refractivity contribution in [2.75, 3.05) is 5.32 Å². The molecule has 1 heterocycles. The molecule has 2 rings (SSSR count). The van der Waals surface area contributed by atoms with Crippen LogP contribution in [0, 0.1) is 5.82 Å². The first-order chi connectivity index (χ1) is 8.56. The molecular formula is C11H9ClFN3O2. The fourth-order valence-corrected chi connectivity index (χ4v) is 1.60. The molecule has 2 N–H and O–H groups in total. The summed E-state index contributed by atoms with van der Waals surface area (Å²) in [6, 6.07) is 3.84. The number of hydrazone groups is 1. The predicted molar refractivity (Wildman–Crippen MR) is 64.9 cm³/mol. The quantitative estimate of drug-likeness (QED) is 0.858. The molecule has 0 saturated carbocycles. The van der Waals surface area contributed by atoms with Gasteiger partial charge in [0.15, 0.2) is 0 Å². The van der Waals surface area contributed by atoms with Crippen molar-refractivity contribution in [3.63, 3.8) is 0 Å². The zero-order chi connectivity index (χ0) is 13.1. The lowest BCUT2D eigenvalue weighted by atomic mass is 10.1. The Labute approximate surface area is 107 Å². The molecule has 0 aromatic heterocycles. The van der Waals surface area contributed by atoms with Crippen LogP contribution in [0.15, 0.2) is 23.3 Å². The highest BCUT2D eigenvalue weighted by atomic mass is 35.5. The van der Waals surface area contributed by atoms with E-state index < -0.39 is 11.7 Å². The average Bonchev–Trinajstić information content (AvgIpc) is 2.34. The molecule has 0 radical (unpaired) electrons. The lowest BCUT2D eigenvalue weighted by Crippen LogP contribution is -2.32. The van der Waals surface area contributed by atoms with Gasteiger partial charge in [-0.15, -0.1) is 0 Å². The smallest absolute Gasteiger partial charge is 0.271 e. The Morgan fingerprint density at radius 3 is 2.89 bits per heavy atom. The number of anilines is 1. The van der Waals surface area contributed by atoms with Crippen LogP contribution in [0.25, 0.3) is 0 Å². The molecule has 2 amide bonds. The van der Waals surface area contributed by atoms with Gasteiger partial charge in [0, 0.05) is 17.9 Å². The summed E-state index contributed by atoms with van der Waals surface area (Å²) in [6.07, 6.45) is 0.407. The van der Waals surface area contributed by atoms with Gasteiger partial charge < -0.3 is 5.32 Å². The first kappa shape index (κ1) is 12.5. The van der Waals surface area contributed by atoms with Gasteiger partial charge in [-0.05, 0) is 18.2 Å². The molecule has 1 aromatic rings. The van der Waals surface area contributed by atoms with Crippen LogP contribution < -0.4 is 10.7 Å². The molecule has 0 spiro atoms. The van der Waals surface area contributed by atoms with Crippen LogP contribution in [0.2, 0.25) is 5.02 Å². The molecule has 94 valence electrons. The Hall–Kier alpha value is -1.95. The third kappa shape index (κ3) is 2.84. The van der Waals surface area contributed by atoms with E-state index in [2.05, 4.69) is 15.8 Å². The molecule has 0 bridgehead atoms. The number of hydrogen-bond donors (Lipinski definition) is 2. The maximum Gasteiger partial charge on any atom is 0.271 e. The van der Waals surface area contributed by atoms with Gasteiger partial charge in [-0.1, -0.05) is 11.6 Å². The second-order valence-corrected chi connectivity index (χ2v) is 4.11. The number of hydrogen-bond acceptors (Lipinski definition) is 3. The van der Waals surface area contributed by atoms with Crippen molar-refractivity contribution < 1.29 is 14.0 Å². The summed E-state index contributed by atoms with van der Waals surface area (Å²) in [7, 11) is 0. The molecule has 5 nitrogen and oxygen atoms in total. The van der Waals surface area contributed by atoms with E-state index in [0.29, 0.717) is 5.02 Å². The van der Waals surface area contributed by atoms with E-state index in [1.54, 1.807) is 0 Å². The van der Waals surface area contributed by atoms with Crippen molar-refractivity contribution in [3.8, 4) is 0 Å². The Bertz CT molecular complexity index is 545. The third-order valence-corrected chi connectivity index (χ3v) is 2.58. The van der Waals surface area contributed by atoms with Crippen LogP contribution in [0.1, 0.15) is 12.8 Å². The van der Waals surface area contributed by atoms with Crippen molar-refractivity contribution in [1.29, 1.82) is 0 Å². The highest BCUT2D eigenvalue weighted by Gasteiger charge is 2.19. The van der Waals surface area contributed by atoms with E-state index in [-0.39, 0.29) is 30.1 Å². The molecule has 1 aliphatic rings. The van der Waals surface area contributed by atoms with Gasteiger partial charge in [0.2, 0.25) is 5.91 Å². The second kappa shape index (κ2) is 5.14.